The van der Waals surface area contributed by atoms with E-state index in [0.29, 0.717) is 5.92 Å². The lowest BCUT2D eigenvalue weighted by molar-refractivity contribution is 0.0864. The predicted octanol–water partition coefficient (Wildman–Crippen LogP) is 2.71. The predicted molar refractivity (Wildman–Crippen MR) is 60.3 cm³/mol. The molecular weight excluding hydrogens is 174 g/mol. The maximum absolute atomic E-state index is 6.30. The van der Waals surface area contributed by atoms with Gasteiger partial charge in [0.25, 0.3) is 0 Å². The van der Waals surface area contributed by atoms with Gasteiger partial charge in [0.05, 0.1) is 0 Å². The minimum atomic E-state index is 0.0925. The Morgan fingerprint density at radius 3 is 2.43 bits per heavy atom. The van der Waals surface area contributed by atoms with Gasteiger partial charge in [-0.05, 0) is 25.2 Å². The van der Waals surface area contributed by atoms with E-state index < -0.39 is 0 Å². The van der Waals surface area contributed by atoms with Crippen LogP contribution in [0.1, 0.15) is 52.4 Å². The van der Waals surface area contributed by atoms with Gasteiger partial charge in [-0.15, -0.1) is 0 Å². The second kappa shape index (κ2) is 5.72. The molecule has 0 aromatic rings. The van der Waals surface area contributed by atoms with Crippen molar-refractivity contribution in [2.24, 2.45) is 11.7 Å². The highest BCUT2D eigenvalue weighted by Crippen LogP contribution is 2.28. The molecule has 0 aromatic heterocycles. The molecule has 1 aliphatic rings. The lowest BCUT2D eigenvalue weighted by atomic mass is 9.80. The largest absolute Gasteiger partial charge is 0.381 e. The molecule has 1 fully saturated rings. The maximum Gasteiger partial charge on any atom is 0.0489 e. The Balaban J connectivity index is 2.09. The van der Waals surface area contributed by atoms with Crippen molar-refractivity contribution in [1.82, 2.24) is 0 Å². The monoisotopic (exact) mass is 199 g/mol. The van der Waals surface area contributed by atoms with Gasteiger partial charge in [-0.1, -0.05) is 33.1 Å². The Morgan fingerprint density at radius 1 is 1.21 bits per heavy atom. The zero-order valence-corrected chi connectivity index (χ0v) is 9.72. The molecule has 0 bridgehead atoms. The fraction of sp³-hybridized carbons (Fsp3) is 1.00. The third-order valence-electron chi connectivity index (χ3n) is 3.04. The number of ether oxygens (including phenoxy) is 1. The van der Waals surface area contributed by atoms with Crippen LogP contribution in [-0.4, -0.2) is 18.8 Å². The van der Waals surface area contributed by atoms with Crippen molar-refractivity contribution in [3.63, 3.8) is 0 Å². The first-order valence-corrected chi connectivity index (χ1v) is 5.99. The molecule has 2 nitrogen and oxygen atoms in total. The van der Waals surface area contributed by atoms with Crippen LogP contribution in [0.2, 0.25) is 0 Å². The van der Waals surface area contributed by atoms with Crippen LogP contribution >= 0.6 is 0 Å². The van der Waals surface area contributed by atoms with Gasteiger partial charge < -0.3 is 10.5 Å². The Morgan fingerprint density at radius 2 is 1.86 bits per heavy atom. The molecule has 0 heterocycles. The van der Waals surface area contributed by atoms with Crippen LogP contribution in [0, 0.1) is 5.92 Å². The highest BCUT2D eigenvalue weighted by molar-refractivity contribution is 4.86. The van der Waals surface area contributed by atoms with Crippen molar-refractivity contribution in [1.29, 1.82) is 0 Å². The normalized spacial score (nSPS) is 21.4. The molecule has 0 radical (unpaired) electrons. The molecule has 84 valence electrons. The van der Waals surface area contributed by atoms with E-state index in [9.17, 15) is 0 Å². The molecule has 2 N–H and O–H groups in total. The molecule has 0 unspecified atom stereocenters. The Kier molecular flexibility index (Phi) is 4.90. The van der Waals surface area contributed by atoms with Gasteiger partial charge in [-0.3, -0.25) is 0 Å². The van der Waals surface area contributed by atoms with Crippen LogP contribution in [-0.2, 0) is 4.74 Å². The average molecular weight is 199 g/mol. The van der Waals surface area contributed by atoms with Crippen molar-refractivity contribution in [2.45, 2.75) is 57.9 Å². The van der Waals surface area contributed by atoms with Crippen LogP contribution < -0.4 is 5.73 Å². The van der Waals surface area contributed by atoms with Crippen LogP contribution in [0.4, 0.5) is 0 Å². The van der Waals surface area contributed by atoms with E-state index in [2.05, 4.69) is 13.8 Å². The molecule has 0 atom stereocenters. The van der Waals surface area contributed by atoms with Crippen molar-refractivity contribution in [2.75, 3.05) is 13.2 Å². The van der Waals surface area contributed by atoms with Gasteiger partial charge in [-0.25, -0.2) is 0 Å². The SMILES string of the molecule is CC(C)COCCC1(N)CCCCC1. The number of hydrogen-bond acceptors (Lipinski definition) is 2. The summed E-state index contributed by atoms with van der Waals surface area (Å²) in [4.78, 5) is 0. The first-order chi connectivity index (χ1) is 6.62. The molecule has 0 spiro atoms. The summed E-state index contributed by atoms with van der Waals surface area (Å²) in [6, 6.07) is 0. The molecule has 0 aromatic carbocycles. The summed E-state index contributed by atoms with van der Waals surface area (Å²) in [5.41, 5.74) is 6.39. The van der Waals surface area contributed by atoms with Crippen molar-refractivity contribution in [3.8, 4) is 0 Å². The van der Waals surface area contributed by atoms with E-state index in [4.69, 9.17) is 10.5 Å². The number of nitrogens with two attached hydrogens (primary N) is 1. The topological polar surface area (TPSA) is 35.2 Å². The fourth-order valence-electron chi connectivity index (χ4n) is 2.10. The molecule has 1 aliphatic carbocycles. The van der Waals surface area contributed by atoms with Crippen molar-refractivity contribution < 1.29 is 4.74 Å². The maximum atomic E-state index is 6.30. The number of rotatable bonds is 5. The summed E-state index contributed by atoms with van der Waals surface area (Å²) in [7, 11) is 0. The second-order valence-corrected chi connectivity index (χ2v) is 5.14. The van der Waals surface area contributed by atoms with Gasteiger partial charge in [-0.2, -0.15) is 0 Å². The highest BCUT2D eigenvalue weighted by Gasteiger charge is 2.26. The standard InChI is InChI=1S/C12H25NO/c1-11(2)10-14-9-8-12(13)6-4-3-5-7-12/h11H,3-10,13H2,1-2H3. The smallest absolute Gasteiger partial charge is 0.0489 e. The van der Waals surface area contributed by atoms with Gasteiger partial charge in [0.2, 0.25) is 0 Å². The quantitative estimate of drug-likeness (QED) is 0.691. The Hall–Kier alpha value is -0.0800. The van der Waals surface area contributed by atoms with E-state index in [-0.39, 0.29) is 5.54 Å². The minimum Gasteiger partial charge on any atom is -0.381 e. The fourth-order valence-corrected chi connectivity index (χ4v) is 2.10. The van der Waals surface area contributed by atoms with Crippen molar-refractivity contribution >= 4 is 0 Å². The molecule has 2 heteroatoms. The third kappa shape index (κ3) is 4.43. The molecule has 1 rings (SSSR count). The highest BCUT2D eigenvalue weighted by atomic mass is 16.5. The Bertz CT molecular complexity index is 150. The van der Waals surface area contributed by atoms with E-state index in [1.165, 1.54) is 32.1 Å². The average Bonchev–Trinajstić information content (AvgIpc) is 2.14. The lowest BCUT2D eigenvalue weighted by Gasteiger charge is -2.33. The zero-order chi connectivity index (χ0) is 10.4. The van der Waals surface area contributed by atoms with E-state index in [1.54, 1.807) is 0 Å². The second-order valence-electron chi connectivity index (χ2n) is 5.14. The molecular formula is C12H25NO. The first kappa shape index (κ1) is 12.0. The number of hydrogen-bond donors (Lipinski definition) is 1. The summed E-state index contributed by atoms with van der Waals surface area (Å²) < 4.78 is 5.58. The molecule has 0 saturated heterocycles. The summed E-state index contributed by atoms with van der Waals surface area (Å²) in [6.07, 6.45) is 7.41. The zero-order valence-electron chi connectivity index (χ0n) is 9.72. The third-order valence-corrected chi connectivity index (χ3v) is 3.04. The summed E-state index contributed by atoms with van der Waals surface area (Å²) in [5, 5.41) is 0. The molecule has 1 saturated carbocycles. The molecule has 0 amide bonds. The lowest BCUT2D eigenvalue weighted by Crippen LogP contribution is -2.42. The Labute approximate surface area is 88.2 Å². The summed E-state index contributed by atoms with van der Waals surface area (Å²) in [5.74, 6) is 0.634. The first-order valence-electron chi connectivity index (χ1n) is 5.99. The van der Waals surface area contributed by atoms with E-state index in [1.807, 2.05) is 0 Å². The van der Waals surface area contributed by atoms with Crippen LogP contribution in [0.3, 0.4) is 0 Å². The van der Waals surface area contributed by atoms with Crippen LogP contribution in [0.25, 0.3) is 0 Å². The minimum absolute atomic E-state index is 0.0925. The van der Waals surface area contributed by atoms with E-state index >= 15 is 0 Å². The van der Waals surface area contributed by atoms with Gasteiger partial charge in [0, 0.05) is 18.8 Å². The summed E-state index contributed by atoms with van der Waals surface area (Å²) in [6.45, 7) is 6.07. The van der Waals surface area contributed by atoms with Gasteiger partial charge in [0.15, 0.2) is 0 Å². The van der Waals surface area contributed by atoms with Crippen molar-refractivity contribution in [3.05, 3.63) is 0 Å². The summed E-state index contributed by atoms with van der Waals surface area (Å²) >= 11 is 0. The van der Waals surface area contributed by atoms with E-state index in [0.717, 1.165) is 19.6 Å². The molecule has 14 heavy (non-hydrogen) atoms. The van der Waals surface area contributed by atoms with Crippen LogP contribution in [0.15, 0.2) is 0 Å². The van der Waals surface area contributed by atoms with Gasteiger partial charge in [0.1, 0.15) is 0 Å². The van der Waals surface area contributed by atoms with Gasteiger partial charge >= 0.3 is 0 Å². The van der Waals surface area contributed by atoms with Crippen LogP contribution in [0.5, 0.6) is 0 Å². The molecule has 0 aliphatic heterocycles.